The molecule has 1 aromatic carbocycles. The SMILES string of the molecule is O=C([C@H](O)c1cccc(Cl)c1)N1CCc2nc(C3(c4ccccn4)CC3)[nH]c(=O)c2C1. The average molecular weight is 437 g/mol. The zero-order chi connectivity index (χ0) is 21.6. The predicted octanol–water partition coefficient (Wildman–Crippen LogP) is 2.52. The van der Waals surface area contributed by atoms with E-state index < -0.39 is 12.0 Å². The molecule has 31 heavy (non-hydrogen) atoms. The van der Waals surface area contributed by atoms with Crippen molar-refractivity contribution < 1.29 is 9.90 Å². The Morgan fingerprint density at radius 2 is 2.06 bits per heavy atom. The van der Waals surface area contributed by atoms with Crippen LogP contribution in [0.2, 0.25) is 5.02 Å². The molecule has 2 aromatic heterocycles. The number of pyridine rings is 1. The molecule has 1 saturated carbocycles. The number of hydrogen-bond donors (Lipinski definition) is 2. The predicted molar refractivity (Wildman–Crippen MR) is 115 cm³/mol. The Kier molecular flexibility index (Phi) is 4.87. The van der Waals surface area contributed by atoms with Crippen molar-refractivity contribution in [2.45, 2.75) is 37.3 Å². The fraction of sp³-hybridized carbons (Fsp3) is 0.304. The van der Waals surface area contributed by atoms with Crippen molar-refractivity contribution in [3.63, 3.8) is 0 Å². The molecule has 1 fully saturated rings. The third-order valence-electron chi connectivity index (χ3n) is 6.14. The molecule has 0 spiro atoms. The highest BCUT2D eigenvalue weighted by atomic mass is 35.5. The highest BCUT2D eigenvalue weighted by molar-refractivity contribution is 6.30. The summed E-state index contributed by atoms with van der Waals surface area (Å²) in [7, 11) is 0. The van der Waals surface area contributed by atoms with Crippen molar-refractivity contribution in [1.82, 2.24) is 19.9 Å². The van der Waals surface area contributed by atoms with Crippen molar-refractivity contribution in [2.75, 3.05) is 6.54 Å². The maximum atomic E-state index is 12.9. The zero-order valence-electron chi connectivity index (χ0n) is 16.7. The van der Waals surface area contributed by atoms with E-state index in [1.807, 2.05) is 18.2 Å². The van der Waals surface area contributed by atoms with E-state index in [2.05, 4.69) is 9.97 Å². The van der Waals surface area contributed by atoms with Gasteiger partial charge in [0.15, 0.2) is 6.10 Å². The van der Waals surface area contributed by atoms with Gasteiger partial charge in [0.05, 0.1) is 28.9 Å². The third-order valence-corrected chi connectivity index (χ3v) is 6.37. The minimum Gasteiger partial charge on any atom is -0.378 e. The van der Waals surface area contributed by atoms with Gasteiger partial charge in [0.1, 0.15) is 5.82 Å². The first-order valence-electron chi connectivity index (χ1n) is 10.2. The number of aromatic amines is 1. The summed E-state index contributed by atoms with van der Waals surface area (Å²) < 4.78 is 0. The highest BCUT2D eigenvalue weighted by Gasteiger charge is 2.50. The van der Waals surface area contributed by atoms with Crippen LogP contribution in [0.3, 0.4) is 0 Å². The number of carbonyl (C=O) groups is 1. The molecule has 1 amide bonds. The Balaban J connectivity index is 1.40. The van der Waals surface area contributed by atoms with Crippen LogP contribution >= 0.6 is 11.6 Å². The van der Waals surface area contributed by atoms with E-state index in [1.54, 1.807) is 30.5 Å². The van der Waals surface area contributed by atoms with Crippen LogP contribution in [0.5, 0.6) is 0 Å². The molecule has 2 N–H and O–H groups in total. The number of fused-ring (bicyclic) bond motifs is 1. The van der Waals surface area contributed by atoms with Crippen LogP contribution in [0, 0.1) is 0 Å². The fourth-order valence-corrected chi connectivity index (χ4v) is 4.42. The lowest BCUT2D eigenvalue weighted by Gasteiger charge is -2.30. The first-order chi connectivity index (χ1) is 15.0. The number of nitrogens with zero attached hydrogens (tertiary/aromatic N) is 3. The second-order valence-electron chi connectivity index (χ2n) is 8.10. The standard InChI is InChI=1S/C23H21ClN4O3/c24-15-5-3-4-14(12-15)19(29)21(31)28-11-7-17-16(13-28)20(30)27-22(26-17)23(8-9-23)18-6-1-2-10-25-18/h1-6,10,12,19,29H,7-9,11,13H2,(H,26,27,30)/t19-/m1/s1. The van der Waals surface area contributed by atoms with Crippen LogP contribution in [0.4, 0.5) is 0 Å². The maximum Gasteiger partial charge on any atom is 0.256 e. The highest BCUT2D eigenvalue weighted by Crippen LogP contribution is 2.51. The van der Waals surface area contributed by atoms with E-state index in [1.165, 1.54) is 4.90 Å². The molecule has 1 aliphatic carbocycles. The average Bonchev–Trinajstić information content (AvgIpc) is 3.61. The van der Waals surface area contributed by atoms with Gasteiger partial charge >= 0.3 is 0 Å². The van der Waals surface area contributed by atoms with Gasteiger partial charge in [0, 0.05) is 24.2 Å². The first kappa shape index (κ1) is 19.9. The van der Waals surface area contributed by atoms with Gasteiger partial charge in [-0.3, -0.25) is 14.6 Å². The number of rotatable bonds is 4. The summed E-state index contributed by atoms with van der Waals surface area (Å²) in [5, 5.41) is 11.0. The van der Waals surface area contributed by atoms with Crippen LogP contribution in [0.15, 0.2) is 53.5 Å². The quantitative estimate of drug-likeness (QED) is 0.654. The van der Waals surface area contributed by atoms with Crippen LogP contribution in [-0.4, -0.2) is 37.4 Å². The van der Waals surface area contributed by atoms with Gasteiger partial charge in [-0.15, -0.1) is 0 Å². The molecule has 0 saturated heterocycles. The molecule has 8 heteroatoms. The Morgan fingerprint density at radius 1 is 1.23 bits per heavy atom. The van der Waals surface area contributed by atoms with Crippen LogP contribution in [-0.2, 0) is 23.2 Å². The monoisotopic (exact) mass is 436 g/mol. The number of aliphatic hydroxyl groups excluding tert-OH is 1. The number of halogens is 1. The van der Waals surface area contributed by atoms with Crippen molar-refractivity contribution in [1.29, 1.82) is 0 Å². The number of hydrogen-bond acceptors (Lipinski definition) is 5. The van der Waals surface area contributed by atoms with Crippen LogP contribution < -0.4 is 5.56 Å². The second kappa shape index (κ2) is 7.59. The smallest absolute Gasteiger partial charge is 0.256 e. The van der Waals surface area contributed by atoms with E-state index in [-0.39, 0.29) is 17.5 Å². The van der Waals surface area contributed by atoms with E-state index in [9.17, 15) is 14.7 Å². The largest absolute Gasteiger partial charge is 0.378 e. The van der Waals surface area contributed by atoms with E-state index in [0.717, 1.165) is 18.5 Å². The lowest BCUT2D eigenvalue weighted by atomic mass is 9.99. The molecule has 0 bridgehead atoms. The number of benzene rings is 1. The second-order valence-corrected chi connectivity index (χ2v) is 8.54. The summed E-state index contributed by atoms with van der Waals surface area (Å²) in [6.07, 6.45) is 2.66. The van der Waals surface area contributed by atoms with Crippen molar-refractivity contribution in [3.8, 4) is 0 Å². The fourth-order valence-electron chi connectivity index (χ4n) is 4.22. The minimum atomic E-state index is -1.33. The molecule has 3 aromatic rings. The molecule has 2 aliphatic rings. The Bertz CT molecular complexity index is 1210. The van der Waals surface area contributed by atoms with Gasteiger partial charge in [-0.05, 0) is 42.7 Å². The van der Waals surface area contributed by atoms with Crippen LogP contribution in [0.25, 0.3) is 0 Å². The molecule has 1 atom stereocenters. The van der Waals surface area contributed by atoms with E-state index >= 15 is 0 Å². The number of aromatic nitrogens is 3. The van der Waals surface area contributed by atoms with Crippen molar-refractivity contribution >= 4 is 17.5 Å². The third kappa shape index (κ3) is 3.54. The van der Waals surface area contributed by atoms with Gasteiger partial charge in [0.2, 0.25) is 0 Å². The molecule has 1 aliphatic heterocycles. The van der Waals surface area contributed by atoms with Crippen molar-refractivity contribution in [2.24, 2.45) is 0 Å². The van der Waals surface area contributed by atoms with E-state index in [0.29, 0.717) is 40.6 Å². The number of nitrogens with one attached hydrogen (secondary N) is 1. The lowest BCUT2D eigenvalue weighted by molar-refractivity contribution is -0.141. The summed E-state index contributed by atoms with van der Waals surface area (Å²) in [6.45, 7) is 0.501. The summed E-state index contributed by atoms with van der Waals surface area (Å²) in [6, 6.07) is 12.4. The van der Waals surface area contributed by atoms with Gasteiger partial charge in [0.25, 0.3) is 11.5 Å². The number of amides is 1. The first-order valence-corrected chi connectivity index (χ1v) is 10.6. The molecular formula is C23H21ClN4O3. The minimum absolute atomic E-state index is 0.116. The topological polar surface area (TPSA) is 99.2 Å². The van der Waals surface area contributed by atoms with Gasteiger partial charge < -0.3 is 15.0 Å². The lowest BCUT2D eigenvalue weighted by Crippen LogP contribution is -2.42. The maximum absolute atomic E-state index is 12.9. The van der Waals surface area contributed by atoms with Gasteiger partial charge in [-0.25, -0.2) is 4.98 Å². The van der Waals surface area contributed by atoms with Gasteiger partial charge in [-0.2, -0.15) is 0 Å². The summed E-state index contributed by atoms with van der Waals surface area (Å²) in [4.78, 5) is 39.4. The molecule has 3 heterocycles. The molecule has 0 radical (unpaired) electrons. The van der Waals surface area contributed by atoms with E-state index in [4.69, 9.17) is 16.6 Å². The summed E-state index contributed by atoms with van der Waals surface area (Å²) in [5.41, 5.74) is 1.95. The van der Waals surface area contributed by atoms with Crippen molar-refractivity contribution in [3.05, 3.63) is 92.4 Å². The van der Waals surface area contributed by atoms with Gasteiger partial charge in [-0.1, -0.05) is 29.8 Å². The number of H-pyrrole nitrogens is 1. The molecule has 5 rings (SSSR count). The number of carbonyl (C=O) groups excluding carboxylic acids is 1. The Morgan fingerprint density at radius 3 is 2.77 bits per heavy atom. The Labute approximate surface area is 183 Å². The normalized spacial score (nSPS) is 17.7. The number of aliphatic hydroxyl groups is 1. The summed E-state index contributed by atoms with van der Waals surface area (Å²) in [5.74, 6) is 0.192. The van der Waals surface area contributed by atoms with Crippen LogP contribution in [0.1, 0.15) is 47.3 Å². The molecule has 158 valence electrons. The Hall–Kier alpha value is -3.03. The summed E-state index contributed by atoms with van der Waals surface area (Å²) >= 11 is 5.97. The molecular weight excluding hydrogens is 416 g/mol. The molecule has 7 nitrogen and oxygen atoms in total. The molecule has 0 unspecified atom stereocenters. The zero-order valence-corrected chi connectivity index (χ0v) is 17.5.